The van der Waals surface area contributed by atoms with E-state index in [1.54, 1.807) is 24.3 Å². The zero-order valence-corrected chi connectivity index (χ0v) is 15.6. The number of aromatic nitrogens is 1. The van der Waals surface area contributed by atoms with Crippen LogP contribution in [0.15, 0.2) is 36.4 Å². The maximum atomic E-state index is 12.7. The van der Waals surface area contributed by atoms with E-state index < -0.39 is 0 Å². The highest BCUT2D eigenvalue weighted by atomic mass is 35.5. The molecule has 1 aliphatic heterocycles. The Bertz CT molecular complexity index is 767. The molecular formula is C19H20Cl2N2O2. The lowest BCUT2D eigenvalue weighted by atomic mass is 10.0. The molecule has 1 saturated heterocycles. The molecule has 0 N–H and O–H groups in total. The van der Waals surface area contributed by atoms with Gasteiger partial charge in [-0.05, 0) is 50.5 Å². The first-order valence-electron chi connectivity index (χ1n) is 8.40. The Kier molecular flexibility index (Phi) is 5.82. The van der Waals surface area contributed by atoms with Gasteiger partial charge in [-0.15, -0.1) is 0 Å². The number of hydrogen-bond donors (Lipinski definition) is 0. The van der Waals surface area contributed by atoms with Crippen molar-refractivity contribution in [3.05, 3.63) is 57.8 Å². The van der Waals surface area contributed by atoms with E-state index in [0.717, 1.165) is 19.4 Å². The van der Waals surface area contributed by atoms with Gasteiger partial charge in [-0.2, -0.15) is 0 Å². The molecule has 4 nitrogen and oxygen atoms in total. The summed E-state index contributed by atoms with van der Waals surface area (Å²) in [6, 6.07) is 10.9. The van der Waals surface area contributed by atoms with Crippen LogP contribution in [0.1, 0.15) is 42.4 Å². The fraction of sp³-hybridized carbons (Fsp3) is 0.368. The number of benzene rings is 1. The zero-order valence-electron chi connectivity index (χ0n) is 14.0. The molecule has 3 rings (SSSR count). The van der Waals surface area contributed by atoms with E-state index in [4.69, 9.17) is 27.9 Å². The number of likely N-dealkylation sites (tertiary alicyclic amines) is 1. The molecule has 6 heteroatoms. The fourth-order valence-electron chi connectivity index (χ4n) is 2.97. The number of hydrogen-bond acceptors (Lipinski definition) is 3. The number of nitrogens with zero attached hydrogens (tertiary/aromatic N) is 2. The zero-order chi connectivity index (χ0) is 17.8. The van der Waals surface area contributed by atoms with Gasteiger partial charge in [0.05, 0.1) is 10.7 Å². The summed E-state index contributed by atoms with van der Waals surface area (Å²) in [5, 5.41) is 0.814. The van der Waals surface area contributed by atoms with E-state index in [9.17, 15) is 4.79 Å². The summed E-state index contributed by atoms with van der Waals surface area (Å²) in [5.74, 6) is 0.479. The molecule has 1 aromatic carbocycles. The lowest BCUT2D eigenvalue weighted by Gasteiger charge is -2.33. The highest BCUT2D eigenvalue weighted by Crippen LogP contribution is 2.31. The number of halogens is 2. The van der Waals surface area contributed by atoms with Gasteiger partial charge in [0.2, 0.25) is 0 Å². The Labute approximate surface area is 157 Å². The van der Waals surface area contributed by atoms with Gasteiger partial charge in [-0.3, -0.25) is 4.79 Å². The molecule has 1 unspecified atom stereocenters. The predicted octanol–water partition coefficient (Wildman–Crippen LogP) is 4.98. The Morgan fingerprint density at radius 2 is 2.04 bits per heavy atom. The summed E-state index contributed by atoms with van der Waals surface area (Å²) in [4.78, 5) is 19.1. The third kappa shape index (κ3) is 4.25. The van der Waals surface area contributed by atoms with Crippen LogP contribution in [0, 0.1) is 0 Å². The summed E-state index contributed by atoms with van der Waals surface area (Å²) in [6.07, 6.45) is 3.26. The van der Waals surface area contributed by atoms with Gasteiger partial charge >= 0.3 is 0 Å². The molecule has 0 radical (unpaired) electrons. The molecule has 1 aliphatic rings. The quantitative estimate of drug-likeness (QED) is 0.752. The number of rotatable bonds is 4. The lowest BCUT2D eigenvalue weighted by Crippen LogP contribution is -2.42. The molecule has 1 fully saturated rings. The standard InChI is InChI=1S/C19H20Cl2N2O2/c1-13-6-2-3-11-23(13)19(24)16-9-4-7-14(22-16)12-25-17-10-5-8-15(20)18(17)21/h4-5,7-10,13H,2-3,6,11-12H2,1H3. The summed E-state index contributed by atoms with van der Waals surface area (Å²) in [7, 11) is 0. The molecular weight excluding hydrogens is 359 g/mol. The average molecular weight is 379 g/mol. The maximum absolute atomic E-state index is 12.7. The first kappa shape index (κ1) is 18.0. The Balaban J connectivity index is 1.71. The van der Waals surface area contributed by atoms with E-state index in [-0.39, 0.29) is 18.6 Å². The van der Waals surface area contributed by atoms with Crippen LogP contribution in [0.4, 0.5) is 0 Å². The van der Waals surface area contributed by atoms with Crippen molar-refractivity contribution in [1.82, 2.24) is 9.88 Å². The number of piperidine rings is 1. The minimum absolute atomic E-state index is 0.0187. The molecule has 0 spiro atoms. The van der Waals surface area contributed by atoms with E-state index in [1.807, 2.05) is 17.0 Å². The molecule has 2 aromatic rings. The van der Waals surface area contributed by atoms with Gasteiger partial charge in [0.25, 0.3) is 5.91 Å². The highest BCUT2D eigenvalue weighted by molar-refractivity contribution is 6.42. The second kappa shape index (κ2) is 8.07. The SMILES string of the molecule is CC1CCCCN1C(=O)c1cccc(COc2cccc(Cl)c2Cl)n1. The van der Waals surface area contributed by atoms with Gasteiger partial charge in [0.1, 0.15) is 23.1 Å². The minimum atomic E-state index is -0.0187. The topological polar surface area (TPSA) is 42.4 Å². The molecule has 1 amide bonds. The van der Waals surface area contributed by atoms with Gasteiger partial charge in [-0.25, -0.2) is 4.98 Å². The second-order valence-corrected chi connectivity index (χ2v) is 6.98. The molecule has 1 aromatic heterocycles. The Hall–Kier alpha value is -1.78. The largest absolute Gasteiger partial charge is 0.486 e. The predicted molar refractivity (Wildman–Crippen MR) is 99.4 cm³/mol. The Morgan fingerprint density at radius 1 is 1.24 bits per heavy atom. The maximum Gasteiger partial charge on any atom is 0.272 e. The van der Waals surface area contributed by atoms with Crippen LogP contribution in [0.25, 0.3) is 0 Å². The number of amides is 1. The Morgan fingerprint density at radius 3 is 2.84 bits per heavy atom. The lowest BCUT2D eigenvalue weighted by molar-refractivity contribution is 0.0629. The van der Waals surface area contributed by atoms with Gasteiger partial charge < -0.3 is 9.64 Å². The van der Waals surface area contributed by atoms with E-state index >= 15 is 0 Å². The first-order chi connectivity index (χ1) is 12.1. The van der Waals surface area contributed by atoms with Crippen molar-refractivity contribution in [3.8, 4) is 5.75 Å². The second-order valence-electron chi connectivity index (χ2n) is 6.20. The van der Waals surface area contributed by atoms with Crippen LogP contribution in [-0.4, -0.2) is 28.4 Å². The number of pyridine rings is 1. The van der Waals surface area contributed by atoms with Crippen LogP contribution < -0.4 is 4.74 Å². The van der Waals surface area contributed by atoms with Gasteiger partial charge in [0.15, 0.2) is 0 Å². The molecule has 0 saturated carbocycles. The van der Waals surface area contributed by atoms with Gasteiger partial charge in [-0.1, -0.05) is 35.3 Å². The van der Waals surface area contributed by atoms with Crippen LogP contribution >= 0.6 is 23.2 Å². The van der Waals surface area contributed by atoms with Crippen LogP contribution in [0.5, 0.6) is 5.75 Å². The summed E-state index contributed by atoms with van der Waals surface area (Å²) < 4.78 is 5.70. The molecule has 2 heterocycles. The normalized spacial score (nSPS) is 17.4. The van der Waals surface area contributed by atoms with Crippen LogP contribution in [0.3, 0.4) is 0 Å². The van der Waals surface area contributed by atoms with E-state index in [0.29, 0.717) is 27.2 Å². The van der Waals surface area contributed by atoms with Crippen molar-refractivity contribution in [2.75, 3.05) is 6.54 Å². The van der Waals surface area contributed by atoms with Crippen molar-refractivity contribution in [1.29, 1.82) is 0 Å². The van der Waals surface area contributed by atoms with Crippen molar-refractivity contribution < 1.29 is 9.53 Å². The van der Waals surface area contributed by atoms with Crippen molar-refractivity contribution in [2.45, 2.75) is 38.8 Å². The van der Waals surface area contributed by atoms with E-state index in [2.05, 4.69) is 11.9 Å². The van der Waals surface area contributed by atoms with Crippen molar-refractivity contribution in [3.63, 3.8) is 0 Å². The number of ether oxygens (including phenoxy) is 1. The molecule has 1 atom stereocenters. The molecule has 132 valence electrons. The third-order valence-corrected chi connectivity index (χ3v) is 5.18. The molecule has 25 heavy (non-hydrogen) atoms. The molecule has 0 bridgehead atoms. The smallest absolute Gasteiger partial charge is 0.272 e. The summed E-state index contributed by atoms with van der Waals surface area (Å²) in [6.45, 7) is 3.10. The third-order valence-electron chi connectivity index (χ3n) is 4.38. The highest BCUT2D eigenvalue weighted by Gasteiger charge is 2.25. The number of carbonyl (C=O) groups is 1. The fourth-order valence-corrected chi connectivity index (χ4v) is 3.32. The van der Waals surface area contributed by atoms with Crippen LogP contribution in [-0.2, 0) is 6.61 Å². The average Bonchev–Trinajstić information content (AvgIpc) is 2.63. The first-order valence-corrected chi connectivity index (χ1v) is 9.15. The molecule has 0 aliphatic carbocycles. The summed E-state index contributed by atoms with van der Waals surface area (Å²) >= 11 is 12.1. The monoisotopic (exact) mass is 378 g/mol. The minimum Gasteiger partial charge on any atom is -0.486 e. The van der Waals surface area contributed by atoms with Crippen molar-refractivity contribution >= 4 is 29.1 Å². The summed E-state index contributed by atoms with van der Waals surface area (Å²) in [5.41, 5.74) is 1.12. The van der Waals surface area contributed by atoms with Gasteiger partial charge in [0, 0.05) is 12.6 Å². The van der Waals surface area contributed by atoms with E-state index in [1.165, 1.54) is 6.42 Å². The van der Waals surface area contributed by atoms with Crippen molar-refractivity contribution in [2.24, 2.45) is 0 Å². The number of carbonyl (C=O) groups excluding carboxylic acids is 1. The van der Waals surface area contributed by atoms with Crippen LogP contribution in [0.2, 0.25) is 10.0 Å².